The molecule has 1 aliphatic carbocycles. The van der Waals surface area contributed by atoms with Crippen LogP contribution < -0.4 is 0 Å². The molecule has 184 valence electrons. The van der Waals surface area contributed by atoms with E-state index in [0.717, 1.165) is 22.4 Å². The second-order valence-electron chi connectivity index (χ2n) is 9.70. The summed E-state index contributed by atoms with van der Waals surface area (Å²) in [4.78, 5) is 25.3. The molecule has 3 aromatic rings. The molecule has 1 unspecified atom stereocenters. The normalized spacial score (nSPS) is 20.4. The molecule has 1 aliphatic heterocycles. The lowest BCUT2D eigenvalue weighted by molar-refractivity contribution is -0.114. The van der Waals surface area contributed by atoms with Gasteiger partial charge < -0.3 is 9.74 Å². The number of rotatable bonds is 4. The number of benzene rings is 2. The average molecular weight is 492 g/mol. The fourth-order valence-electron chi connectivity index (χ4n) is 5.39. The van der Waals surface area contributed by atoms with Gasteiger partial charge in [-0.1, -0.05) is 36.9 Å². The average Bonchev–Trinajstić information content (AvgIpc) is 2.91. The monoisotopic (exact) mass is 491 g/mol. The predicted octanol–water partition coefficient (Wildman–Crippen LogP) is 5.29. The van der Waals surface area contributed by atoms with E-state index >= 15 is 0 Å². The molecular formula is C30H26FN5O. The Balaban J connectivity index is 1.50. The van der Waals surface area contributed by atoms with Crippen LogP contribution in [0.3, 0.4) is 0 Å². The lowest BCUT2D eigenvalue weighted by Crippen LogP contribution is -2.56. The van der Waals surface area contributed by atoms with E-state index in [1.807, 2.05) is 42.5 Å². The number of halogens is 1. The second-order valence-corrected chi connectivity index (χ2v) is 9.70. The van der Waals surface area contributed by atoms with Crippen molar-refractivity contribution in [1.29, 1.82) is 5.26 Å². The molecule has 2 aromatic carbocycles. The topological polar surface area (TPSA) is 64.6 Å². The minimum atomic E-state index is -0.285. The number of nitrogens with zero attached hydrogens (tertiary/aromatic N) is 5. The number of hydrogen-bond acceptors (Lipinski definition) is 5. The Labute approximate surface area is 216 Å². The van der Waals surface area contributed by atoms with E-state index in [1.165, 1.54) is 12.1 Å². The Morgan fingerprint density at radius 2 is 1.70 bits per heavy atom. The standard InChI is InChI=1S/C30H26FN5O/c1-19-18-36(30(23-8-11-25(31)12-9-23)22-6-4-21(16-32)5-7-22)20(2)17-35(19)27-15-26(37)14-24-10-13-28(33-3)34-29(24)27/h4-13,15,19-20,30H,14,17-18H2,1-2H3/t19-,20+,30?/m0/s1. The molecule has 1 aromatic heterocycles. The SMILES string of the molecule is [C-]#[N+]c1ccc2c(n1)C(N1C[C@@H](C)N(C(c3ccc(F)cc3)c3ccc(C#N)cc3)C[C@@H]1C)=CC(=O)C2. The van der Waals surface area contributed by atoms with E-state index in [1.54, 1.807) is 12.1 Å². The van der Waals surface area contributed by atoms with Crippen LogP contribution in [0.15, 0.2) is 66.7 Å². The highest BCUT2D eigenvalue weighted by Crippen LogP contribution is 2.37. The van der Waals surface area contributed by atoms with Crippen LogP contribution in [-0.2, 0) is 11.2 Å². The van der Waals surface area contributed by atoms with Gasteiger partial charge in [0.15, 0.2) is 11.5 Å². The maximum absolute atomic E-state index is 13.8. The van der Waals surface area contributed by atoms with E-state index < -0.39 is 0 Å². The Morgan fingerprint density at radius 1 is 1.03 bits per heavy atom. The van der Waals surface area contributed by atoms with E-state index in [9.17, 15) is 14.4 Å². The van der Waals surface area contributed by atoms with Gasteiger partial charge in [0.25, 0.3) is 5.82 Å². The minimum absolute atomic E-state index is 0.0314. The summed E-state index contributed by atoms with van der Waals surface area (Å²) < 4.78 is 13.8. The van der Waals surface area contributed by atoms with Crippen LogP contribution in [0.25, 0.3) is 10.5 Å². The van der Waals surface area contributed by atoms with Crippen molar-refractivity contribution in [3.63, 3.8) is 0 Å². The third-order valence-corrected chi connectivity index (χ3v) is 7.20. The van der Waals surface area contributed by atoms with Gasteiger partial charge in [-0.2, -0.15) is 5.26 Å². The summed E-state index contributed by atoms with van der Waals surface area (Å²) in [5.74, 6) is 0.0619. The van der Waals surface area contributed by atoms with Crippen LogP contribution in [0.1, 0.15) is 47.8 Å². The Kier molecular flexibility index (Phi) is 6.56. The van der Waals surface area contributed by atoms with E-state index in [4.69, 9.17) is 6.57 Å². The van der Waals surface area contributed by atoms with Crippen LogP contribution in [0, 0.1) is 23.7 Å². The zero-order chi connectivity index (χ0) is 26.1. The summed E-state index contributed by atoms with van der Waals surface area (Å²) in [7, 11) is 0. The molecule has 0 radical (unpaired) electrons. The smallest absolute Gasteiger partial charge is 0.270 e. The Bertz CT molecular complexity index is 1450. The number of ketones is 1. The predicted molar refractivity (Wildman–Crippen MR) is 139 cm³/mol. The third kappa shape index (κ3) is 4.74. The number of allylic oxidation sites excluding steroid dienone is 1. The lowest BCUT2D eigenvalue weighted by atomic mass is 9.91. The molecule has 37 heavy (non-hydrogen) atoms. The van der Waals surface area contributed by atoms with Crippen molar-refractivity contribution < 1.29 is 9.18 Å². The summed E-state index contributed by atoms with van der Waals surface area (Å²) in [6.07, 6.45) is 1.96. The first kappa shape index (κ1) is 24.4. The Morgan fingerprint density at radius 3 is 2.35 bits per heavy atom. The van der Waals surface area contributed by atoms with Crippen molar-refractivity contribution in [3.8, 4) is 6.07 Å². The highest BCUT2D eigenvalue weighted by atomic mass is 19.1. The van der Waals surface area contributed by atoms with Gasteiger partial charge in [0.2, 0.25) is 0 Å². The van der Waals surface area contributed by atoms with Crippen LogP contribution in [-0.4, -0.2) is 45.7 Å². The molecule has 0 N–H and O–H groups in total. The molecule has 0 saturated carbocycles. The van der Waals surface area contributed by atoms with Gasteiger partial charge in [-0.25, -0.2) is 4.39 Å². The number of piperazine rings is 1. The number of carbonyl (C=O) groups excluding carboxylic acids is 1. The second kappa shape index (κ2) is 9.97. The van der Waals surface area contributed by atoms with Crippen molar-refractivity contribution in [2.24, 2.45) is 0 Å². The minimum Gasteiger partial charge on any atom is -0.362 e. The molecule has 0 bridgehead atoms. The van der Waals surface area contributed by atoms with Crippen molar-refractivity contribution >= 4 is 17.3 Å². The largest absolute Gasteiger partial charge is 0.362 e. The first-order chi connectivity index (χ1) is 17.9. The van der Waals surface area contributed by atoms with Gasteiger partial charge >= 0.3 is 0 Å². The maximum Gasteiger partial charge on any atom is 0.270 e. The number of fused-ring (bicyclic) bond motifs is 1. The summed E-state index contributed by atoms with van der Waals surface area (Å²) >= 11 is 0. The van der Waals surface area contributed by atoms with Crippen molar-refractivity contribution in [3.05, 3.63) is 112 Å². The van der Waals surface area contributed by atoms with Crippen LogP contribution in [0.2, 0.25) is 0 Å². The van der Waals surface area contributed by atoms with Crippen LogP contribution in [0.4, 0.5) is 10.2 Å². The number of aromatic nitrogens is 1. The highest BCUT2D eigenvalue weighted by molar-refractivity contribution is 6.01. The van der Waals surface area contributed by atoms with E-state index in [0.29, 0.717) is 36.6 Å². The molecule has 5 rings (SSSR count). The zero-order valence-electron chi connectivity index (χ0n) is 20.7. The summed E-state index contributed by atoms with van der Waals surface area (Å²) in [5.41, 5.74) is 4.92. The van der Waals surface area contributed by atoms with Crippen LogP contribution in [0.5, 0.6) is 0 Å². The molecule has 1 saturated heterocycles. The zero-order valence-corrected chi connectivity index (χ0v) is 20.7. The van der Waals surface area contributed by atoms with Crippen molar-refractivity contribution in [1.82, 2.24) is 14.8 Å². The third-order valence-electron chi connectivity index (χ3n) is 7.20. The molecule has 2 heterocycles. The molecule has 1 fully saturated rings. The van der Waals surface area contributed by atoms with Gasteiger partial charge in [-0.3, -0.25) is 9.69 Å². The highest BCUT2D eigenvalue weighted by Gasteiger charge is 2.38. The number of hydrogen-bond donors (Lipinski definition) is 0. The summed E-state index contributed by atoms with van der Waals surface area (Å²) in [5, 5.41) is 9.26. The summed E-state index contributed by atoms with van der Waals surface area (Å²) in [6, 6.07) is 19.8. The quantitative estimate of drug-likeness (QED) is 0.464. The van der Waals surface area contributed by atoms with Gasteiger partial charge in [-0.05, 0) is 55.3 Å². The molecule has 0 amide bonds. The van der Waals surface area contributed by atoms with E-state index in [-0.39, 0.29) is 29.7 Å². The molecule has 2 aliphatic rings. The number of carbonyl (C=O) groups is 1. The Hall–Kier alpha value is -4.33. The van der Waals surface area contributed by atoms with Gasteiger partial charge in [0.1, 0.15) is 5.82 Å². The van der Waals surface area contributed by atoms with E-state index in [2.05, 4.69) is 39.5 Å². The lowest BCUT2D eigenvalue weighted by Gasteiger charge is -2.49. The summed E-state index contributed by atoms with van der Waals surface area (Å²) in [6.45, 7) is 13.0. The van der Waals surface area contributed by atoms with Crippen molar-refractivity contribution in [2.45, 2.75) is 38.4 Å². The molecule has 6 nitrogen and oxygen atoms in total. The molecule has 0 spiro atoms. The van der Waals surface area contributed by atoms with Gasteiger partial charge in [-0.15, -0.1) is 4.98 Å². The fraction of sp³-hybridized carbons (Fsp3) is 0.267. The molecule has 3 atom stereocenters. The van der Waals surface area contributed by atoms with Gasteiger partial charge in [0.05, 0.1) is 23.4 Å². The molecule has 7 heteroatoms. The van der Waals surface area contributed by atoms with Crippen molar-refractivity contribution in [2.75, 3.05) is 13.1 Å². The fourth-order valence-corrected chi connectivity index (χ4v) is 5.39. The number of pyridine rings is 1. The van der Waals surface area contributed by atoms with Crippen LogP contribution >= 0.6 is 0 Å². The first-order valence-electron chi connectivity index (χ1n) is 12.3. The first-order valence-corrected chi connectivity index (χ1v) is 12.3. The molecular weight excluding hydrogens is 465 g/mol. The maximum atomic E-state index is 13.8. The number of nitriles is 1. The van der Waals surface area contributed by atoms with Gasteiger partial charge in [0, 0.05) is 43.2 Å².